The summed E-state index contributed by atoms with van der Waals surface area (Å²) >= 11 is 8.95. The Morgan fingerprint density at radius 3 is 2.67 bits per heavy atom. The minimum absolute atomic E-state index is 0.295. The number of thiophene rings is 1. The van der Waals surface area contributed by atoms with E-state index in [0.717, 1.165) is 21.3 Å². The molecule has 0 saturated carbocycles. The van der Waals surface area contributed by atoms with Gasteiger partial charge in [-0.05, 0) is 68.4 Å². The fourth-order valence-corrected chi connectivity index (χ4v) is 5.20. The van der Waals surface area contributed by atoms with Crippen molar-refractivity contribution in [3.8, 4) is 0 Å². The van der Waals surface area contributed by atoms with E-state index in [1.165, 1.54) is 28.8 Å². The Balaban J connectivity index is 1.87. The Morgan fingerprint density at radius 2 is 2.00 bits per heavy atom. The van der Waals surface area contributed by atoms with E-state index in [0.29, 0.717) is 12.6 Å². The van der Waals surface area contributed by atoms with Crippen molar-refractivity contribution >= 4 is 43.2 Å². The first-order valence-electron chi connectivity index (χ1n) is 7.14. The van der Waals surface area contributed by atoms with Crippen molar-refractivity contribution < 1.29 is 0 Å². The van der Waals surface area contributed by atoms with E-state index in [9.17, 15) is 0 Å². The van der Waals surface area contributed by atoms with Crippen LogP contribution < -0.4 is 5.73 Å². The summed E-state index contributed by atoms with van der Waals surface area (Å²) in [6, 6.07) is 11.3. The lowest BCUT2D eigenvalue weighted by Crippen LogP contribution is -2.33. The molecule has 112 valence electrons. The van der Waals surface area contributed by atoms with Crippen LogP contribution in [0.3, 0.4) is 0 Å². The summed E-state index contributed by atoms with van der Waals surface area (Å²) in [5.41, 5.74) is 9.04. The van der Waals surface area contributed by atoms with Gasteiger partial charge in [0.25, 0.3) is 0 Å². The van der Waals surface area contributed by atoms with Crippen LogP contribution in [0.25, 0.3) is 0 Å². The van der Waals surface area contributed by atoms with Crippen molar-refractivity contribution in [2.45, 2.75) is 25.4 Å². The number of hydrogen-bond acceptors (Lipinski definition) is 3. The molecule has 2 N–H and O–H groups in total. The molecular formula is C16H18Br2N2S. The number of aryl methyl sites for hydroxylation is 1. The Bertz CT molecular complexity index is 607. The monoisotopic (exact) mass is 428 g/mol. The van der Waals surface area contributed by atoms with Gasteiger partial charge in [0.2, 0.25) is 0 Å². The van der Waals surface area contributed by atoms with E-state index in [-0.39, 0.29) is 0 Å². The molecule has 5 heteroatoms. The molecule has 2 heterocycles. The van der Waals surface area contributed by atoms with Gasteiger partial charge in [0.15, 0.2) is 0 Å². The third-order valence-corrected chi connectivity index (χ3v) is 7.40. The Kier molecular flexibility index (Phi) is 5.17. The highest BCUT2D eigenvalue weighted by Crippen LogP contribution is 2.38. The van der Waals surface area contributed by atoms with Crippen molar-refractivity contribution in [1.82, 2.24) is 4.90 Å². The predicted molar refractivity (Wildman–Crippen MR) is 96.7 cm³/mol. The van der Waals surface area contributed by atoms with E-state index in [4.69, 9.17) is 5.73 Å². The molecule has 0 amide bonds. The molecule has 1 atom stereocenters. The lowest BCUT2D eigenvalue weighted by molar-refractivity contribution is 0.198. The zero-order valence-electron chi connectivity index (χ0n) is 11.7. The van der Waals surface area contributed by atoms with Crippen LogP contribution in [0.1, 0.15) is 28.5 Å². The maximum Gasteiger partial charge on any atom is 0.0843 e. The fourth-order valence-electron chi connectivity index (χ4n) is 2.96. The second-order valence-corrected chi connectivity index (χ2v) is 8.62. The second-order valence-electron chi connectivity index (χ2n) is 5.36. The highest BCUT2D eigenvalue weighted by Gasteiger charge is 2.24. The van der Waals surface area contributed by atoms with Crippen LogP contribution in [0.2, 0.25) is 0 Å². The molecule has 1 aliphatic heterocycles. The quantitative estimate of drug-likeness (QED) is 0.764. The highest BCUT2D eigenvalue weighted by molar-refractivity contribution is 9.13. The van der Waals surface area contributed by atoms with Crippen LogP contribution in [0, 0.1) is 0 Å². The topological polar surface area (TPSA) is 29.3 Å². The van der Waals surface area contributed by atoms with Gasteiger partial charge < -0.3 is 5.73 Å². The van der Waals surface area contributed by atoms with Gasteiger partial charge in [0.05, 0.1) is 9.83 Å². The maximum absolute atomic E-state index is 6.10. The van der Waals surface area contributed by atoms with Crippen LogP contribution in [-0.2, 0) is 13.0 Å². The fraction of sp³-hybridized carbons (Fsp3) is 0.375. The summed E-state index contributed by atoms with van der Waals surface area (Å²) in [4.78, 5) is 3.85. The summed E-state index contributed by atoms with van der Waals surface area (Å²) in [6.45, 7) is 2.75. The van der Waals surface area contributed by atoms with Crippen LogP contribution in [-0.4, -0.2) is 18.0 Å². The van der Waals surface area contributed by atoms with Crippen LogP contribution >= 0.6 is 43.2 Å². The number of halogens is 2. The van der Waals surface area contributed by atoms with E-state index in [1.807, 2.05) is 0 Å². The number of hydrogen-bond donors (Lipinski definition) is 1. The van der Waals surface area contributed by atoms with Crippen molar-refractivity contribution in [3.05, 3.63) is 54.6 Å². The Morgan fingerprint density at radius 1 is 1.24 bits per heavy atom. The Hall–Kier alpha value is -0.200. The molecule has 2 aromatic rings. The van der Waals surface area contributed by atoms with Gasteiger partial charge >= 0.3 is 0 Å². The van der Waals surface area contributed by atoms with Gasteiger partial charge in [0.1, 0.15) is 0 Å². The minimum atomic E-state index is 0.295. The van der Waals surface area contributed by atoms with Gasteiger partial charge in [0, 0.05) is 22.4 Å². The van der Waals surface area contributed by atoms with Gasteiger partial charge in [-0.2, -0.15) is 0 Å². The van der Waals surface area contributed by atoms with Crippen molar-refractivity contribution in [3.63, 3.8) is 0 Å². The summed E-state index contributed by atoms with van der Waals surface area (Å²) < 4.78 is 2.27. The maximum atomic E-state index is 6.10. The first-order chi connectivity index (χ1) is 10.2. The number of nitrogens with two attached hydrogens (primary N) is 1. The largest absolute Gasteiger partial charge is 0.329 e. The molecular weight excluding hydrogens is 412 g/mol. The molecule has 1 aromatic carbocycles. The van der Waals surface area contributed by atoms with Gasteiger partial charge in [-0.25, -0.2) is 0 Å². The van der Waals surface area contributed by atoms with Gasteiger partial charge in [-0.15, -0.1) is 11.3 Å². The third-order valence-electron chi connectivity index (χ3n) is 4.04. The van der Waals surface area contributed by atoms with Gasteiger partial charge in [-0.3, -0.25) is 4.90 Å². The van der Waals surface area contributed by atoms with E-state index in [2.05, 4.69) is 67.1 Å². The lowest BCUT2D eigenvalue weighted by atomic mass is 10.0. The molecule has 0 bridgehead atoms. The summed E-state index contributed by atoms with van der Waals surface area (Å²) in [5, 5.41) is 0. The predicted octanol–water partition coefficient (Wildman–Crippen LogP) is 4.72. The van der Waals surface area contributed by atoms with Crippen LogP contribution in [0.5, 0.6) is 0 Å². The first kappa shape index (κ1) is 15.7. The molecule has 1 aliphatic rings. The number of benzene rings is 1. The summed E-state index contributed by atoms with van der Waals surface area (Å²) in [5.74, 6) is 0. The van der Waals surface area contributed by atoms with Crippen molar-refractivity contribution in [1.29, 1.82) is 0 Å². The minimum Gasteiger partial charge on any atom is -0.329 e. The lowest BCUT2D eigenvalue weighted by Gasteiger charge is -2.29. The molecule has 1 unspecified atom stereocenters. The summed E-state index contributed by atoms with van der Waals surface area (Å²) in [6.07, 6.45) is 2.36. The van der Waals surface area contributed by atoms with E-state index in [1.54, 1.807) is 11.3 Å². The molecule has 0 fully saturated rings. The van der Waals surface area contributed by atoms with E-state index >= 15 is 0 Å². The zero-order valence-corrected chi connectivity index (χ0v) is 15.7. The van der Waals surface area contributed by atoms with Crippen LogP contribution in [0.15, 0.2) is 38.6 Å². The van der Waals surface area contributed by atoms with E-state index < -0.39 is 0 Å². The first-order valence-corrected chi connectivity index (χ1v) is 9.55. The normalized spacial score (nSPS) is 17.3. The highest BCUT2D eigenvalue weighted by atomic mass is 79.9. The second kappa shape index (κ2) is 6.92. The molecule has 1 aromatic heterocycles. The molecule has 3 rings (SSSR count). The van der Waals surface area contributed by atoms with Gasteiger partial charge in [-0.1, -0.05) is 24.3 Å². The average molecular weight is 430 g/mol. The smallest absolute Gasteiger partial charge is 0.0843 e. The molecule has 0 spiro atoms. The summed E-state index contributed by atoms with van der Waals surface area (Å²) in [7, 11) is 0. The SMILES string of the molecule is NCC(c1cc(Br)c(Br)s1)N1CCCc2ccccc2C1. The van der Waals surface area contributed by atoms with Crippen molar-refractivity contribution in [2.24, 2.45) is 5.73 Å². The third kappa shape index (κ3) is 3.42. The number of nitrogens with zero attached hydrogens (tertiary/aromatic N) is 1. The van der Waals surface area contributed by atoms with Crippen molar-refractivity contribution in [2.75, 3.05) is 13.1 Å². The molecule has 2 nitrogen and oxygen atoms in total. The Labute approximate surface area is 146 Å². The molecule has 21 heavy (non-hydrogen) atoms. The zero-order chi connectivity index (χ0) is 14.8. The molecule has 0 saturated heterocycles. The number of rotatable bonds is 3. The molecule has 0 aliphatic carbocycles. The molecule has 0 radical (unpaired) electrons. The standard InChI is InChI=1S/C16H18Br2N2S/c17-13-8-15(21-16(13)18)14(9-19)20-7-3-6-11-4-1-2-5-12(11)10-20/h1-2,4-5,8,14H,3,6-7,9-10,19H2. The average Bonchev–Trinajstić information content (AvgIpc) is 2.70. The number of fused-ring (bicyclic) bond motifs is 1. The van der Waals surface area contributed by atoms with Crippen LogP contribution in [0.4, 0.5) is 0 Å².